The van der Waals surface area contributed by atoms with E-state index >= 15 is 0 Å². The van der Waals surface area contributed by atoms with Gasteiger partial charge in [-0.2, -0.15) is 0 Å². The van der Waals surface area contributed by atoms with Crippen LogP contribution < -0.4 is 0 Å². The van der Waals surface area contributed by atoms with Crippen molar-refractivity contribution >= 4 is 23.0 Å². The summed E-state index contributed by atoms with van der Waals surface area (Å²) in [6, 6.07) is 3.24. The van der Waals surface area contributed by atoms with E-state index in [1.165, 1.54) is 16.2 Å². The summed E-state index contributed by atoms with van der Waals surface area (Å²) in [5.41, 5.74) is 0.208. The first-order chi connectivity index (χ1) is 10.5. The van der Waals surface area contributed by atoms with Crippen molar-refractivity contribution < 1.29 is 19.4 Å². The van der Waals surface area contributed by atoms with E-state index < -0.39 is 17.7 Å². The Balaban J connectivity index is 2.30. The van der Waals surface area contributed by atoms with Gasteiger partial charge in [-0.05, 0) is 25.3 Å². The normalized spacial score (nSPS) is 18.6. The molecule has 0 saturated carbocycles. The van der Waals surface area contributed by atoms with Gasteiger partial charge in [0.15, 0.2) is 11.5 Å². The van der Waals surface area contributed by atoms with Gasteiger partial charge in [0.2, 0.25) is 0 Å². The lowest BCUT2D eigenvalue weighted by Crippen LogP contribution is -2.34. The molecule has 0 fully saturated rings. The molecule has 1 aliphatic rings. The quantitative estimate of drug-likeness (QED) is 0.838. The van der Waals surface area contributed by atoms with Crippen LogP contribution in [0.25, 0.3) is 0 Å². The summed E-state index contributed by atoms with van der Waals surface area (Å²) in [5, 5.41) is 12.0. The second kappa shape index (κ2) is 7.07. The van der Waals surface area contributed by atoms with Gasteiger partial charge in [-0.25, -0.2) is 0 Å². The number of rotatable bonds is 7. The Morgan fingerprint density at radius 3 is 2.77 bits per heavy atom. The highest BCUT2D eigenvalue weighted by Gasteiger charge is 2.43. The lowest BCUT2D eigenvalue weighted by molar-refractivity contribution is -0.130. The molecule has 1 unspecified atom stereocenters. The first-order valence-corrected chi connectivity index (χ1v) is 8.27. The van der Waals surface area contributed by atoms with E-state index in [9.17, 15) is 14.7 Å². The van der Waals surface area contributed by atoms with Crippen molar-refractivity contribution in [2.45, 2.75) is 39.3 Å². The number of Topliss-reactive ketones (excluding diaryl/α,β-unsaturated/α-hetero) is 1. The van der Waals surface area contributed by atoms with Crippen LogP contribution in [0.2, 0.25) is 0 Å². The molecular weight excluding hydrogens is 302 g/mol. The van der Waals surface area contributed by atoms with Crippen LogP contribution in [0.4, 0.5) is 0 Å². The van der Waals surface area contributed by atoms with Gasteiger partial charge >= 0.3 is 0 Å². The molecule has 0 saturated heterocycles. The lowest BCUT2D eigenvalue weighted by atomic mass is 10.0. The fraction of sp³-hybridized carbons (Fsp3) is 0.500. The van der Waals surface area contributed by atoms with Crippen LogP contribution >= 0.6 is 11.3 Å². The molecule has 1 aliphatic heterocycles. The maximum atomic E-state index is 12.3. The molecule has 0 spiro atoms. The molecule has 1 amide bonds. The molecule has 0 aliphatic carbocycles. The molecule has 6 heteroatoms. The minimum atomic E-state index is -0.504. The zero-order chi connectivity index (χ0) is 16.3. The van der Waals surface area contributed by atoms with Crippen molar-refractivity contribution in [2.75, 3.05) is 13.2 Å². The van der Waals surface area contributed by atoms with Crippen molar-refractivity contribution in [1.29, 1.82) is 0 Å². The van der Waals surface area contributed by atoms with Crippen molar-refractivity contribution in [3.05, 3.63) is 33.7 Å². The van der Waals surface area contributed by atoms with Gasteiger partial charge in [0, 0.05) is 17.8 Å². The average Bonchev–Trinajstić information content (AvgIpc) is 3.08. The predicted octanol–water partition coefficient (Wildman–Crippen LogP) is 2.85. The van der Waals surface area contributed by atoms with Crippen LogP contribution in [-0.4, -0.2) is 41.0 Å². The monoisotopic (exact) mass is 323 g/mol. The van der Waals surface area contributed by atoms with Crippen LogP contribution in [0.5, 0.6) is 0 Å². The molecule has 0 bridgehead atoms. The first-order valence-electron chi connectivity index (χ1n) is 7.39. The van der Waals surface area contributed by atoms with E-state index in [4.69, 9.17) is 4.74 Å². The largest absolute Gasteiger partial charge is 0.503 e. The highest BCUT2D eigenvalue weighted by atomic mass is 32.1. The van der Waals surface area contributed by atoms with Crippen LogP contribution in [0.3, 0.4) is 0 Å². The molecule has 22 heavy (non-hydrogen) atoms. The Bertz CT molecular complexity index is 577. The predicted molar refractivity (Wildman–Crippen MR) is 84.8 cm³/mol. The maximum absolute atomic E-state index is 12.3. The Kier molecular flexibility index (Phi) is 5.37. The fourth-order valence-electron chi connectivity index (χ4n) is 2.49. The number of nitrogens with zero attached hydrogens (tertiary/aromatic N) is 1. The third kappa shape index (κ3) is 3.23. The number of carbonyl (C=O) groups excluding carboxylic acids is 2. The first kappa shape index (κ1) is 16.7. The van der Waals surface area contributed by atoms with E-state index in [0.717, 1.165) is 4.88 Å². The molecule has 2 rings (SSSR count). The number of ether oxygens (including phenoxy) is 1. The summed E-state index contributed by atoms with van der Waals surface area (Å²) in [6.07, 6.45) is 0.321. The number of ketones is 1. The smallest absolute Gasteiger partial charge is 0.290 e. The Labute approximate surface area is 134 Å². The molecule has 1 aromatic rings. The van der Waals surface area contributed by atoms with Gasteiger partial charge in [-0.1, -0.05) is 13.0 Å². The van der Waals surface area contributed by atoms with Crippen LogP contribution in [0.15, 0.2) is 28.8 Å². The van der Waals surface area contributed by atoms with E-state index in [-0.39, 0.29) is 23.9 Å². The SMILES string of the molecule is CCC(=O)C1=C(O)C(=O)N(CCOC(C)C)C1c1cccs1. The highest BCUT2D eigenvalue weighted by Crippen LogP contribution is 2.39. The summed E-state index contributed by atoms with van der Waals surface area (Å²) in [7, 11) is 0. The number of carbonyl (C=O) groups is 2. The van der Waals surface area contributed by atoms with E-state index in [2.05, 4.69) is 0 Å². The number of thiophene rings is 1. The Hall–Kier alpha value is -1.66. The topological polar surface area (TPSA) is 66.8 Å². The van der Waals surface area contributed by atoms with Gasteiger partial charge in [0.25, 0.3) is 5.91 Å². The third-order valence-electron chi connectivity index (χ3n) is 3.52. The molecule has 1 aromatic heterocycles. The van der Waals surface area contributed by atoms with E-state index in [1.54, 1.807) is 6.92 Å². The van der Waals surface area contributed by atoms with Crippen LogP contribution in [-0.2, 0) is 14.3 Å². The average molecular weight is 323 g/mol. The number of aliphatic hydroxyl groups excluding tert-OH is 1. The summed E-state index contributed by atoms with van der Waals surface area (Å²) < 4.78 is 5.50. The molecule has 0 aromatic carbocycles. The Morgan fingerprint density at radius 1 is 1.50 bits per heavy atom. The van der Waals surface area contributed by atoms with Crippen LogP contribution in [0.1, 0.15) is 38.1 Å². The summed E-state index contributed by atoms with van der Waals surface area (Å²) in [4.78, 5) is 26.9. The van der Waals surface area contributed by atoms with Gasteiger partial charge < -0.3 is 14.7 Å². The molecule has 120 valence electrons. The van der Waals surface area contributed by atoms with Crippen molar-refractivity contribution in [3.8, 4) is 0 Å². The van der Waals surface area contributed by atoms with Crippen LogP contribution in [0, 0.1) is 0 Å². The van der Waals surface area contributed by atoms with Crippen molar-refractivity contribution in [3.63, 3.8) is 0 Å². The van der Waals surface area contributed by atoms with Gasteiger partial charge in [0.1, 0.15) is 0 Å². The minimum Gasteiger partial charge on any atom is -0.503 e. The zero-order valence-corrected chi connectivity index (χ0v) is 13.9. The number of hydrogen-bond acceptors (Lipinski definition) is 5. The standard InChI is InChI=1S/C16H21NO4S/c1-4-11(18)13-14(12-6-5-9-22-12)17(16(20)15(13)19)7-8-21-10(2)3/h5-6,9-10,14,19H,4,7-8H2,1-3H3. The molecule has 2 heterocycles. The van der Waals surface area contributed by atoms with Gasteiger partial charge in [-0.3, -0.25) is 9.59 Å². The number of aliphatic hydroxyl groups is 1. The summed E-state index contributed by atoms with van der Waals surface area (Å²) in [5.74, 6) is -1.12. The van der Waals surface area contributed by atoms with Gasteiger partial charge in [-0.15, -0.1) is 11.3 Å². The van der Waals surface area contributed by atoms with Crippen molar-refractivity contribution in [1.82, 2.24) is 4.90 Å². The van der Waals surface area contributed by atoms with E-state index in [0.29, 0.717) is 13.2 Å². The fourth-order valence-corrected chi connectivity index (χ4v) is 3.33. The lowest BCUT2D eigenvalue weighted by Gasteiger charge is -2.25. The second-order valence-corrected chi connectivity index (χ2v) is 6.35. The van der Waals surface area contributed by atoms with Crippen molar-refractivity contribution in [2.24, 2.45) is 0 Å². The second-order valence-electron chi connectivity index (χ2n) is 5.38. The van der Waals surface area contributed by atoms with Gasteiger partial charge in [0.05, 0.1) is 24.3 Å². The number of hydrogen-bond donors (Lipinski definition) is 1. The summed E-state index contributed by atoms with van der Waals surface area (Å²) >= 11 is 1.47. The molecule has 0 radical (unpaired) electrons. The third-order valence-corrected chi connectivity index (χ3v) is 4.45. The highest BCUT2D eigenvalue weighted by molar-refractivity contribution is 7.10. The molecule has 1 atom stereocenters. The minimum absolute atomic E-state index is 0.0659. The van der Waals surface area contributed by atoms with E-state index in [1.807, 2.05) is 31.4 Å². The zero-order valence-electron chi connectivity index (χ0n) is 13.0. The Morgan fingerprint density at radius 2 is 2.23 bits per heavy atom. The maximum Gasteiger partial charge on any atom is 0.290 e. The molecule has 5 nitrogen and oxygen atoms in total. The molecule has 1 N–H and O–H groups in total. The summed E-state index contributed by atoms with van der Waals surface area (Å²) in [6.45, 7) is 6.27. The molecular formula is C16H21NO4S. The number of amides is 1.